The van der Waals surface area contributed by atoms with E-state index in [1.54, 1.807) is 0 Å². The Morgan fingerprint density at radius 2 is 1.05 bits per heavy atom. The number of hydrogen-bond acceptors (Lipinski definition) is 3. The molecule has 294 valence electrons. The number of nitrogens with zero attached hydrogens (tertiary/aromatic N) is 2. The first-order valence-corrected chi connectivity index (χ1v) is 22.2. The van der Waals surface area contributed by atoms with Crippen LogP contribution in [0, 0.1) is 0 Å². The van der Waals surface area contributed by atoms with E-state index in [4.69, 9.17) is 0 Å². The highest BCUT2D eigenvalue weighted by Crippen LogP contribution is 2.50. The number of anilines is 6. The normalized spacial score (nSPS) is 15.4. The Bertz CT molecular complexity index is 2650. The number of allylic oxidation sites excluding steroid dienone is 4. The second-order valence-electron chi connectivity index (χ2n) is 21.1. The van der Waals surface area contributed by atoms with E-state index in [0.717, 1.165) is 12.8 Å². The second-order valence-corrected chi connectivity index (χ2v) is 22.2. The summed E-state index contributed by atoms with van der Waals surface area (Å²) in [5.41, 5.74) is 18.6. The molecule has 0 N–H and O–H groups in total. The van der Waals surface area contributed by atoms with Gasteiger partial charge in [-0.25, -0.2) is 0 Å². The zero-order valence-electron chi connectivity index (χ0n) is 36.8. The Kier molecular flexibility index (Phi) is 8.92. The summed E-state index contributed by atoms with van der Waals surface area (Å²) < 4.78 is 2.77. The molecule has 5 aromatic carbocycles. The maximum atomic E-state index is 2.64. The van der Waals surface area contributed by atoms with Gasteiger partial charge in [0.15, 0.2) is 0 Å². The standard InChI is InChI=1S/C54H59BN2S/c1-51(2,3)36-18-24-40(25-19-36)56-44-33-39(54(10,11)12)22-28-43(44)55-48-45(56)30-35(34-16-14-13-15-17-34)31-46(48)57(41-26-20-37(21-27-41)52(4,5)6)49-42-32-38(53(7,8)9)23-29-47(42)58-50(49)55/h13-14,16,18-33H,15,17H2,1-12H3. The van der Waals surface area contributed by atoms with Gasteiger partial charge in [-0.3, -0.25) is 0 Å². The third-order valence-corrected chi connectivity index (χ3v) is 14.0. The lowest BCUT2D eigenvalue weighted by atomic mass is 9.36. The minimum Gasteiger partial charge on any atom is -0.311 e. The van der Waals surface area contributed by atoms with Crippen LogP contribution in [0.4, 0.5) is 34.1 Å². The maximum absolute atomic E-state index is 2.64. The average Bonchev–Trinajstić information content (AvgIpc) is 3.55. The zero-order chi connectivity index (χ0) is 41.1. The minimum atomic E-state index is -0.00195. The summed E-state index contributed by atoms with van der Waals surface area (Å²) in [6.07, 6.45) is 8.99. The Labute approximate surface area is 352 Å². The molecule has 0 saturated carbocycles. The third kappa shape index (κ3) is 6.47. The monoisotopic (exact) mass is 778 g/mol. The molecule has 2 nitrogen and oxygen atoms in total. The zero-order valence-corrected chi connectivity index (χ0v) is 37.6. The van der Waals surface area contributed by atoms with Gasteiger partial charge in [-0.15, -0.1) is 11.3 Å². The topological polar surface area (TPSA) is 6.48 Å². The summed E-state index contributed by atoms with van der Waals surface area (Å²) in [6.45, 7) is 28.0. The van der Waals surface area contributed by atoms with E-state index in [9.17, 15) is 0 Å². The molecule has 9 rings (SSSR count). The van der Waals surface area contributed by atoms with Crippen molar-refractivity contribution in [3.63, 3.8) is 0 Å². The molecule has 1 aromatic heterocycles. The van der Waals surface area contributed by atoms with Crippen LogP contribution >= 0.6 is 11.3 Å². The molecule has 0 unspecified atom stereocenters. The summed E-state index contributed by atoms with van der Waals surface area (Å²) in [6, 6.07) is 38.6. The first kappa shape index (κ1) is 38.7. The molecule has 58 heavy (non-hydrogen) atoms. The highest BCUT2D eigenvalue weighted by atomic mass is 32.1. The molecule has 0 saturated heterocycles. The van der Waals surface area contributed by atoms with Gasteiger partial charge in [-0.05, 0) is 133 Å². The molecule has 0 bridgehead atoms. The van der Waals surface area contributed by atoms with Crippen LogP contribution in [-0.2, 0) is 21.7 Å². The van der Waals surface area contributed by atoms with Crippen molar-refractivity contribution in [1.29, 1.82) is 0 Å². The van der Waals surface area contributed by atoms with Gasteiger partial charge in [0, 0.05) is 43.3 Å². The van der Waals surface area contributed by atoms with Crippen LogP contribution in [0.1, 0.15) is 124 Å². The van der Waals surface area contributed by atoms with Crippen molar-refractivity contribution < 1.29 is 0 Å². The van der Waals surface area contributed by atoms with Gasteiger partial charge in [0.2, 0.25) is 0 Å². The van der Waals surface area contributed by atoms with Crippen LogP contribution in [0.5, 0.6) is 0 Å². The molecule has 0 radical (unpaired) electrons. The fourth-order valence-corrected chi connectivity index (χ4v) is 10.5. The fraction of sp³-hybridized carbons (Fsp3) is 0.333. The quantitative estimate of drug-likeness (QED) is 0.165. The SMILES string of the molecule is CC(C)(C)c1ccc(N2c3cc(C(C)(C)C)ccc3B3c4sc5ccc(C(C)(C)C)cc5c4N(c4ccc(C(C)(C)C)cc4)c4cc(C5=CC=CCC5)cc2c43)cc1. The maximum Gasteiger partial charge on any atom is 0.264 e. The molecule has 0 amide bonds. The summed E-state index contributed by atoms with van der Waals surface area (Å²) in [5, 5.41) is 1.35. The molecule has 3 heterocycles. The van der Waals surface area contributed by atoms with E-state index >= 15 is 0 Å². The molecular weight excluding hydrogens is 719 g/mol. The Morgan fingerprint density at radius 3 is 1.60 bits per heavy atom. The third-order valence-electron chi connectivity index (χ3n) is 12.8. The van der Waals surface area contributed by atoms with Crippen molar-refractivity contribution in [2.45, 2.75) is 118 Å². The van der Waals surface area contributed by atoms with Crippen molar-refractivity contribution in [3.8, 4) is 0 Å². The van der Waals surface area contributed by atoms with Crippen molar-refractivity contribution in [2.75, 3.05) is 9.80 Å². The van der Waals surface area contributed by atoms with E-state index in [1.165, 1.54) is 93.3 Å². The number of thiophene rings is 1. The van der Waals surface area contributed by atoms with E-state index in [1.807, 2.05) is 11.3 Å². The lowest BCUT2D eigenvalue weighted by Gasteiger charge is -2.44. The average molecular weight is 779 g/mol. The van der Waals surface area contributed by atoms with E-state index in [2.05, 4.69) is 208 Å². The van der Waals surface area contributed by atoms with Crippen LogP contribution < -0.4 is 25.5 Å². The molecule has 6 aromatic rings. The molecule has 1 aliphatic carbocycles. The van der Waals surface area contributed by atoms with Crippen LogP contribution in [0.2, 0.25) is 0 Å². The summed E-state index contributed by atoms with van der Waals surface area (Å²) in [5.74, 6) is 0. The van der Waals surface area contributed by atoms with Crippen molar-refractivity contribution in [3.05, 3.63) is 143 Å². The fourth-order valence-electron chi connectivity index (χ4n) is 9.21. The molecule has 2 aliphatic heterocycles. The first-order valence-electron chi connectivity index (χ1n) is 21.4. The molecule has 0 atom stereocenters. The summed E-state index contributed by atoms with van der Waals surface area (Å²) in [7, 11) is 0. The lowest BCUT2D eigenvalue weighted by molar-refractivity contribution is 0.590. The molecule has 0 spiro atoms. The van der Waals surface area contributed by atoms with Gasteiger partial charge in [0.05, 0.1) is 5.69 Å². The van der Waals surface area contributed by atoms with Crippen LogP contribution in [0.3, 0.4) is 0 Å². The Morgan fingerprint density at radius 1 is 0.534 bits per heavy atom. The second kappa shape index (κ2) is 13.4. The predicted octanol–water partition coefficient (Wildman–Crippen LogP) is 13.9. The molecule has 4 heteroatoms. The van der Waals surface area contributed by atoms with Gasteiger partial charge in [-0.1, -0.05) is 144 Å². The van der Waals surface area contributed by atoms with Gasteiger partial charge >= 0.3 is 0 Å². The van der Waals surface area contributed by atoms with Crippen molar-refractivity contribution in [1.82, 2.24) is 0 Å². The van der Waals surface area contributed by atoms with Crippen LogP contribution in [-0.4, -0.2) is 6.71 Å². The minimum absolute atomic E-state index is 0.00195. The predicted molar refractivity (Wildman–Crippen MR) is 257 cm³/mol. The highest BCUT2D eigenvalue weighted by Gasteiger charge is 2.46. The first-order chi connectivity index (χ1) is 27.3. The van der Waals surface area contributed by atoms with Crippen LogP contribution in [0.25, 0.3) is 15.7 Å². The lowest BCUT2D eigenvalue weighted by Crippen LogP contribution is -2.60. The number of fused-ring (bicyclic) bond motifs is 6. The largest absolute Gasteiger partial charge is 0.311 e. The van der Waals surface area contributed by atoms with E-state index < -0.39 is 0 Å². The van der Waals surface area contributed by atoms with Crippen molar-refractivity contribution >= 4 is 83.5 Å². The molecule has 0 fully saturated rings. The van der Waals surface area contributed by atoms with E-state index in [0.29, 0.717) is 0 Å². The Balaban J connectivity index is 1.41. The smallest absolute Gasteiger partial charge is 0.264 e. The van der Waals surface area contributed by atoms with Gasteiger partial charge in [0.1, 0.15) is 0 Å². The molecule has 3 aliphatic rings. The van der Waals surface area contributed by atoms with E-state index in [-0.39, 0.29) is 28.4 Å². The number of rotatable bonds is 3. The number of benzene rings is 5. The van der Waals surface area contributed by atoms with Crippen molar-refractivity contribution in [2.24, 2.45) is 0 Å². The van der Waals surface area contributed by atoms with Gasteiger partial charge in [-0.2, -0.15) is 0 Å². The van der Waals surface area contributed by atoms with Gasteiger partial charge < -0.3 is 9.80 Å². The number of hydrogen-bond donors (Lipinski definition) is 0. The van der Waals surface area contributed by atoms with Gasteiger partial charge in [0.25, 0.3) is 6.71 Å². The van der Waals surface area contributed by atoms with Crippen LogP contribution in [0.15, 0.2) is 115 Å². The summed E-state index contributed by atoms with van der Waals surface area (Å²) >= 11 is 1.99. The Hall–Kier alpha value is -4.80. The molecular formula is C54H59BN2S. The summed E-state index contributed by atoms with van der Waals surface area (Å²) in [4.78, 5) is 5.24. The highest BCUT2D eigenvalue weighted by molar-refractivity contribution is 7.33.